The van der Waals surface area contributed by atoms with Crippen LogP contribution in [0.4, 0.5) is 0 Å². The maximum absolute atomic E-state index is 12.9. The summed E-state index contributed by atoms with van der Waals surface area (Å²) in [6.07, 6.45) is -5.60. The van der Waals surface area contributed by atoms with E-state index < -0.39 is 37.3 Å². The summed E-state index contributed by atoms with van der Waals surface area (Å²) in [5.74, 6) is 0.214. The van der Waals surface area contributed by atoms with Crippen molar-refractivity contribution in [2.75, 3.05) is 6.61 Å². The van der Waals surface area contributed by atoms with Gasteiger partial charge in [0, 0.05) is 10.5 Å². The van der Waals surface area contributed by atoms with Crippen LogP contribution in [0.1, 0.15) is 0 Å². The molecule has 4 N–H and O–H groups in total. The van der Waals surface area contributed by atoms with Crippen molar-refractivity contribution in [1.82, 2.24) is 0 Å². The molecule has 5 atom stereocenters. The third-order valence-corrected chi connectivity index (χ3v) is 5.53. The predicted molar refractivity (Wildman–Crippen MR) is 110 cm³/mol. The highest BCUT2D eigenvalue weighted by Crippen LogP contribution is 2.27. The van der Waals surface area contributed by atoms with Gasteiger partial charge in [-0.15, -0.1) is 0 Å². The Morgan fingerprint density at radius 2 is 1.73 bits per heavy atom. The second kappa shape index (κ2) is 8.46. The van der Waals surface area contributed by atoms with E-state index in [9.17, 15) is 25.2 Å². The van der Waals surface area contributed by atoms with Crippen molar-refractivity contribution in [3.63, 3.8) is 0 Å². The molecule has 1 aliphatic heterocycles. The molecule has 0 saturated carbocycles. The van der Waals surface area contributed by atoms with Gasteiger partial charge in [-0.2, -0.15) is 0 Å². The molecule has 158 valence electrons. The molecule has 0 aliphatic carbocycles. The normalized spacial score (nSPS) is 26.6. The van der Waals surface area contributed by atoms with E-state index in [0.717, 1.165) is 10.0 Å². The number of hydrogen-bond donors (Lipinski definition) is 4. The Hall–Kier alpha value is -2.27. The van der Waals surface area contributed by atoms with E-state index in [2.05, 4.69) is 15.9 Å². The van der Waals surface area contributed by atoms with E-state index in [1.165, 1.54) is 24.5 Å². The Morgan fingerprint density at radius 3 is 2.43 bits per heavy atom. The van der Waals surface area contributed by atoms with Gasteiger partial charge >= 0.3 is 0 Å². The molecule has 0 bridgehead atoms. The van der Waals surface area contributed by atoms with Crippen LogP contribution >= 0.6 is 15.9 Å². The second-order valence-electron chi connectivity index (χ2n) is 6.96. The summed E-state index contributed by atoms with van der Waals surface area (Å²) in [5.41, 5.74) is 1.19. The summed E-state index contributed by atoms with van der Waals surface area (Å²) in [5, 5.41) is 39.4. The number of rotatable bonds is 4. The number of benzene rings is 2. The molecule has 0 unspecified atom stereocenters. The van der Waals surface area contributed by atoms with Crippen LogP contribution in [0.2, 0.25) is 0 Å². The average Bonchev–Trinajstić information content (AvgIpc) is 2.75. The zero-order chi connectivity index (χ0) is 21.4. The van der Waals surface area contributed by atoms with Crippen LogP contribution in [0, 0.1) is 0 Å². The van der Waals surface area contributed by atoms with Gasteiger partial charge in [-0.05, 0) is 29.8 Å². The summed E-state index contributed by atoms with van der Waals surface area (Å²) in [4.78, 5) is 12.9. The van der Waals surface area contributed by atoms with E-state index in [1.54, 1.807) is 12.1 Å². The first-order chi connectivity index (χ1) is 14.4. The molecule has 1 aliphatic rings. The smallest absolute Gasteiger partial charge is 0.229 e. The van der Waals surface area contributed by atoms with E-state index in [0.29, 0.717) is 10.9 Å². The largest absolute Gasteiger partial charge is 0.463 e. The number of aliphatic hydroxyl groups is 4. The minimum atomic E-state index is -1.55. The number of halogens is 1. The number of fused-ring (bicyclic) bond motifs is 1. The van der Waals surface area contributed by atoms with Crippen LogP contribution in [0.25, 0.3) is 22.1 Å². The van der Waals surface area contributed by atoms with Gasteiger partial charge in [0.05, 0.1) is 17.6 Å². The Labute approximate surface area is 179 Å². The minimum Gasteiger partial charge on any atom is -0.463 e. The molecule has 9 heteroatoms. The molecule has 8 nitrogen and oxygen atoms in total. The van der Waals surface area contributed by atoms with Crippen molar-refractivity contribution in [2.45, 2.75) is 30.7 Å². The molecule has 1 saturated heterocycles. The topological polar surface area (TPSA) is 130 Å². The molecule has 0 amide bonds. The zero-order valence-electron chi connectivity index (χ0n) is 15.5. The van der Waals surface area contributed by atoms with Crippen LogP contribution < -0.4 is 10.2 Å². The van der Waals surface area contributed by atoms with Crippen LogP contribution in [-0.2, 0) is 4.74 Å². The van der Waals surface area contributed by atoms with E-state index in [1.807, 2.05) is 12.1 Å². The van der Waals surface area contributed by atoms with Crippen molar-refractivity contribution in [3.05, 3.63) is 63.4 Å². The van der Waals surface area contributed by atoms with Gasteiger partial charge in [-0.1, -0.05) is 28.1 Å². The SMILES string of the molecule is O=c1c(-c2ccc(Br)cc2)coc2cc(O[C@H]3O[C@H](CO)[C@@H](O)[C@H](O)[C@H]3O)ccc12. The number of ether oxygens (including phenoxy) is 2. The Kier molecular flexibility index (Phi) is 5.92. The highest BCUT2D eigenvalue weighted by molar-refractivity contribution is 9.10. The van der Waals surface area contributed by atoms with E-state index >= 15 is 0 Å². The number of aliphatic hydroxyl groups excluding tert-OH is 4. The maximum Gasteiger partial charge on any atom is 0.229 e. The molecule has 1 fully saturated rings. The van der Waals surface area contributed by atoms with Gasteiger partial charge in [0.1, 0.15) is 42.0 Å². The van der Waals surface area contributed by atoms with Crippen LogP contribution in [0.15, 0.2) is 62.4 Å². The van der Waals surface area contributed by atoms with Gasteiger partial charge in [0.25, 0.3) is 0 Å². The Bertz CT molecular complexity index is 1090. The molecule has 0 spiro atoms. The van der Waals surface area contributed by atoms with Gasteiger partial charge in [-0.3, -0.25) is 4.79 Å². The Balaban J connectivity index is 1.62. The highest BCUT2D eigenvalue weighted by atomic mass is 79.9. The molecule has 3 aromatic rings. The highest BCUT2D eigenvalue weighted by Gasteiger charge is 2.44. The van der Waals surface area contributed by atoms with E-state index in [4.69, 9.17) is 13.9 Å². The third kappa shape index (κ3) is 3.87. The predicted octanol–water partition coefficient (Wildman–Crippen LogP) is 1.40. The molecular formula is C21H19BrO8. The summed E-state index contributed by atoms with van der Waals surface area (Å²) >= 11 is 3.36. The van der Waals surface area contributed by atoms with Gasteiger partial charge in [0.15, 0.2) is 5.43 Å². The second-order valence-corrected chi connectivity index (χ2v) is 7.87. The molecule has 4 rings (SSSR count). The monoisotopic (exact) mass is 478 g/mol. The average molecular weight is 479 g/mol. The molecule has 2 aromatic carbocycles. The van der Waals surface area contributed by atoms with Crippen molar-refractivity contribution >= 4 is 26.9 Å². The third-order valence-electron chi connectivity index (χ3n) is 5.00. The fourth-order valence-corrected chi connectivity index (χ4v) is 3.57. The standard InChI is InChI=1S/C21H19BrO8/c22-11-3-1-10(2-4-11)14-9-28-15-7-12(5-6-13(15)17(14)24)29-21-20(27)19(26)18(25)16(8-23)30-21/h1-7,9,16,18-21,23,25-27H,8H2/t16-,18-,19+,20-,21+/m1/s1. The quantitative estimate of drug-likeness (QED) is 0.442. The minimum absolute atomic E-state index is 0.210. The van der Waals surface area contributed by atoms with Crippen molar-refractivity contribution in [3.8, 4) is 16.9 Å². The van der Waals surface area contributed by atoms with Crippen molar-refractivity contribution in [1.29, 1.82) is 0 Å². The summed E-state index contributed by atoms with van der Waals surface area (Å²) in [6, 6.07) is 11.8. The number of hydrogen-bond acceptors (Lipinski definition) is 8. The zero-order valence-corrected chi connectivity index (χ0v) is 17.1. The lowest BCUT2D eigenvalue weighted by Gasteiger charge is -2.39. The van der Waals surface area contributed by atoms with Crippen molar-refractivity contribution < 1.29 is 34.3 Å². The molecule has 0 radical (unpaired) electrons. The molecule has 30 heavy (non-hydrogen) atoms. The Morgan fingerprint density at radius 1 is 1.00 bits per heavy atom. The maximum atomic E-state index is 12.9. The lowest BCUT2D eigenvalue weighted by molar-refractivity contribution is -0.277. The first kappa shape index (κ1) is 21.0. The van der Waals surface area contributed by atoms with Crippen LogP contribution in [0.3, 0.4) is 0 Å². The van der Waals surface area contributed by atoms with Crippen LogP contribution in [-0.4, -0.2) is 57.7 Å². The first-order valence-corrected chi connectivity index (χ1v) is 9.97. The van der Waals surface area contributed by atoms with Crippen molar-refractivity contribution in [2.24, 2.45) is 0 Å². The summed E-state index contributed by atoms with van der Waals surface area (Å²) in [7, 11) is 0. The van der Waals surface area contributed by atoms with Gasteiger partial charge in [-0.25, -0.2) is 0 Å². The van der Waals surface area contributed by atoms with Gasteiger partial charge < -0.3 is 34.3 Å². The molecular weight excluding hydrogens is 460 g/mol. The summed E-state index contributed by atoms with van der Waals surface area (Å²) in [6.45, 7) is -0.559. The lowest BCUT2D eigenvalue weighted by atomic mass is 9.99. The lowest BCUT2D eigenvalue weighted by Crippen LogP contribution is -2.60. The fraction of sp³-hybridized carbons (Fsp3) is 0.286. The fourth-order valence-electron chi connectivity index (χ4n) is 3.31. The molecule has 2 heterocycles. The first-order valence-electron chi connectivity index (χ1n) is 9.17. The molecule has 1 aromatic heterocycles. The van der Waals surface area contributed by atoms with Gasteiger partial charge in [0.2, 0.25) is 6.29 Å². The van der Waals surface area contributed by atoms with Crippen LogP contribution in [0.5, 0.6) is 5.75 Å². The van der Waals surface area contributed by atoms with E-state index in [-0.39, 0.29) is 16.8 Å². The summed E-state index contributed by atoms with van der Waals surface area (Å²) < 4.78 is 17.4.